The fraction of sp³-hybridized carbons (Fsp3) is 0. The van der Waals surface area contributed by atoms with Crippen LogP contribution in [0.3, 0.4) is 0 Å². The number of aromatic nitrogens is 1. The lowest BCUT2D eigenvalue weighted by Crippen LogP contribution is -1.87. The van der Waals surface area contributed by atoms with E-state index in [0.717, 1.165) is 16.9 Å². The molecule has 1 aromatic heterocycles. The van der Waals surface area contributed by atoms with Gasteiger partial charge in [0.2, 0.25) is 0 Å². The fourth-order valence-electron chi connectivity index (χ4n) is 2.17. The van der Waals surface area contributed by atoms with Crippen LogP contribution in [0, 0.1) is 0 Å². The maximum Gasteiger partial charge on any atom is 0.152 e. The van der Waals surface area contributed by atoms with Gasteiger partial charge in [-0.15, -0.1) is 0 Å². The predicted octanol–water partition coefficient (Wildman–Crippen LogP) is 5.05. The molecule has 0 aliphatic carbocycles. The lowest BCUT2D eigenvalue weighted by atomic mass is 10.1. The predicted molar refractivity (Wildman–Crippen MR) is 104 cm³/mol. The average molecular weight is 327 g/mol. The second-order valence-corrected chi connectivity index (χ2v) is 5.03. The van der Waals surface area contributed by atoms with Gasteiger partial charge in [-0.2, -0.15) is 0 Å². The van der Waals surface area contributed by atoms with Crippen molar-refractivity contribution >= 4 is 18.2 Å². The van der Waals surface area contributed by atoms with Crippen molar-refractivity contribution in [3.05, 3.63) is 91.5 Å². The molecule has 1 aliphatic heterocycles. The van der Waals surface area contributed by atoms with Crippen LogP contribution >= 0.6 is 0 Å². The molecular formula is C21H17N3O. The smallest absolute Gasteiger partial charge is 0.152 e. The molecule has 0 saturated carbocycles. The molecule has 0 unspecified atom stereocenters. The largest absolute Gasteiger partial charge is 0.464 e. The molecule has 0 fully saturated rings. The molecule has 4 nitrogen and oxygen atoms in total. The summed E-state index contributed by atoms with van der Waals surface area (Å²) in [6.07, 6.45) is 19.5. The van der Waals surface area contributed by atoms with Crippen LogP contribution in [0.4, 0.5) is 5.82 Å². The van der Waals surface area contributed by atoms with Gasteiger partial charge in [0.15, 0.2) is 5.82 Å². The van der Waals surface area contributed by atoms with E-state index in [9.17, 15) is 0 Å². The second-order valence-electron chi connectivity index (χ2n) is 5.03. The van der Waals surface area contributed by atoms with Crippen LogP contribution in [0.1, 0.15) is 0 Å². The van der Waals surface area contributed by atoms with E-state index in [-0.39, 0.29) is 0 Å². The summed E-state index contributed by atoms with van der Waals surface area (Å²) in [5.74, 6) is 1.41. The van der Waals surface area contributed by atoms with Crippen LogP contribution in [-0.2, 0) is 0 Å². The second kappa shape index (κ2) is 8.93. The number of allylic oxidation sites excluding steroid dienone is 6. The number of benzene rings is 1. The minimum absolute atomic E-state index is 0.638. The molecule has 0 N–H and O–H groups in total. The van der Waals surface area contributed by atoms with E-state index >= 15 is 0 Å². The van der Waals surface area contributed by atoms with Gasteiger partial charge >= 0.3 is 0 Å². The zero-order valence-corrected chi connectivity index (χ0v) is 13.6. The van der Waals surface area contributed by atoms with Crippen LogP contribution in [0.2, 0.25) is 0 Å². The molecule has 122 valence electrons. The van der Waals surface area contributed by atoms with E-state index in [1.165, 1.54) is 0 Å². The van der Waals surface area contributed by atoms with E-state index < -0.39 is 0 Å². The summed E-state index contributed by atoms with van der Waals surface area (Å²) in [6, 6.07) is 11.7. The first-order valence-corrected chi connectivity index (χ1v) is 7.86. The minimum Gasteiger partial charge on any atom is -0.464 e. The molecule has 1 aliphatic rings. The van der Waals surface area contributed by atoms with E-state index in [1.807, 2.05) is 72.9 Å². The third-order valence-electron chi connectivity index (χ3n) is 3.30. The highest BCUT2D eigenvalue weighted by Crippen LogP contribution is 2.31. The zero-order chi connectivity index (χ0) is 17.2. The molecule has 3 rings (SSSR count). The Hall–Kier alpha value is -3.53. The highest BCUT2D eigenvalue weighted by molar-refractivity contribution is 5.76. The van der Waals surface area contributed by atoms with Crippen molar-refractivity contribution in [2.75, 3.05) is 0 Å². The Labute approximate surface area is 146 Å². The van der Waals surface area contributed by atoms with Gasteiger partial charge in [-0.1, -0.05) is 30.4 Å². The maximum absolute atomic E-state index is 5.77. The Kier molecular flexibility index (Phi) is 5.84. The van der Waals surface area contributed by atoms with Gasteiger partial charge in [-0.3, -0.25) is 4.99 Å². The Balaban J connectivity index is 1.98. The first-order valence-electron chi connectivity index (χ1n) is 7.86. The lowest BCUT2D eigenvalue weighted by molar-refractivity contribution is 0.483. The molecule has 2 heterocycles. The first kappa shape index (κ1) is 16.3. The van der Waals surface area contributed by atoms with Gasteiger partial charge in [0.1, 0.15) is 5.75 Å². The molecule has 0 radical (unpaired) electrons. The summed E-state index contributed by atoms with van der Waals surface area (Å²) < 4.78 is 5.77. The molecular weight excluding hydrogens is 310 g/mol. The summed E-state index contributed by atoms with van der Waals surface area (Å²) in [6.45, 7) is 0. The number of ether oxygens (including phenoxy) is 1. The van der Waals surface area contributed by atoms with Gasteiger partial charge in [0, 0.05) is 30.4 Å². The normalized spacial score (nSPS) is 21.4. The van der Waals surface area contributed by atoms with Crippen LogP contribution in [0.25, 0.3) is 11.1 Å². The number of hydrogen-bond donors (Lipinski definition) is 0. The molecule has 0 amide bonds. The molecule has 0 saturated heterocycles. The Morgan fingerprint density at radius 2 is 1.68 bits per heavy atom. The van der Waals surface area contributed by atoms with E-state index in [4.69, 9.17) is 4.74 Å². The molecule has 0 spiro atoms. The summed E-state index contributed by atoms with van der Waals surface area (Å²) >= 11 is 0. The Morgan fingerprint density at radius 1 is 0.800 bits per heavy atom. The number of para-hydroxylation sites is 1. The third-order valence-corrected chi connectivity index (χ3v) is 3.30. The van der Waals surface area contributed by atoms with Gasteiger partial charge in [-0.25, -0.2) is 9.98 Å². The van der Waals surface area contributed by atoms with Crippen LogP contribution in [-0.4, -0.2) is 17.4 Å². The summed E-state index contributed by atoms with van der Waals surface area (Å²) in [4.78, 5) is 12.7. The molecule has 2 aromatic rings. The molecule has 25 heavy (non-hydrogen) atoms. The van der Waals surface area contributed by atoms with Crippen molar-refractivity contribution in [2.24, 2.45) is 9.98 Å². The monoisotopic (exact) mass is 327 g/mol. The maximum atomic E-state index is 5.77. The van der Waals surface area contributed by atoms with Gasteiger partial charge in [0.05, 0.1) is 6.26 Å². The number of nitrogens with zero attached hydrogens (tertiary/aromatic N) is 3. The van der Waals surface area contributed by atoms with Crippen LogP contribution in [0.5, 0.6) is 5.75 Å². The van der Waals surface area contributed by atoms with Gasteiger partial charge in [-0.05, 0) is 48.1 Å². The highest BCUT2D eigenvalue weighted by atomic mass is 16.5. The van der Waals surface area contributed by atoms with Crippen LogP contribution < -0.4 is 4.74 Å². The van der Waals surface area contributed by atoms with Crippen molar-refractivity contribution in [2.45, 2.75) is 0 Å². The number of aliphatic imine (C=N–C) groups is 2. The molecule has 2 bridgehead atoms. The van der Waals surface area contributed by atoms with Crippen molar-refractivity contribution in [3.63, 3.8) is 0 Å². The SMILES string of the molecule is C1=C\C=N/C=C\C=C/C=N\c2cc(ccn2)-c2ccccc2O\C=C/1. The van der Waals surface area contributed by atoms with E-state index in [0.29, 0.717) is 5.82 Å². The number of hydrogen-bond acceptors (Lipinski definition) is 4. The van der Waals surface area contributed by atoms with Gasteiger partial charge < -0.3 is 4.74 Å². The molecule has 1 aromatic carbocycles. The molecule has 0 atom stereocenters. The third kappa shape index (κ3) is 4.97. The Bertz CT molecular complexity index is 890. The number of pyridine rings is 1. The van der Waals surface area contributed by atoms with Crippen molar-refractivity contribution < 1.29 is 4.74 Å². The Morgan fingerprint density at radius 3 is 2.68 bits per heavy atom. The summed E-state index contributed by atoms with van der Waals surface area (Å²) in [5, 5.41) is 0. The first-order chi connectivity index (χ1) is 12.4. The van der Waals surface area contributed by atoms with Crippen molar-refractivity contribution in [1.82, 2.24) is 4.98 Å². The van der Waals surface area contributed by atoms with Crippen molar-refractivity contribution in [3.8, 4) is 16.9 Å². The highest BCUT2D eigenvalue weighted by Gasteiger charge is 2.06. The quantitative estimate of drug-likeness (QED) is 0.679. The number of fused-ring (bicyclic) bond motifs is 4. The topological polar surface area (TPSA) is 46.8 Å². The fourth-order valence-corrected chi connectivity index (χ4v) is 2.17. The number of rotatable bonds is 0. The minimum atomic E-state index is 0.638. The summed E-state index contributed by atoms with van der Waals surface area (Å²) in [5.41, 5.74) is 1.98. The van der Waals surface area contributed by atoms with Crippen LogP contribution in [0.15, 0.2) is 101 Å². The zero-order valence-electron chi connectivity index (χ0n) is 13.6. The van der Waals surface area contributed by atoms with E-state index in [1.54, 1.807) is 31.1 Å². The average Bonchev–Trinajstić information content (AvgIpc) is 2.65. The van der Waals surface area contributed by atoms with E-state index in [2.05, 4.69) is 15.0 Å². The summed E-state index contributed by atoms with van der Waals surface area (Å²) in [7, 11) is 0. The van der Waals surface area contributed by atoms with Gasteiger partial charge in [0.25, 0.3) is 0 Å². The standard InChI is InChI=1S/C21H17N3O/c1-5-12-22-13-6-2-8-16-25-20-10-4-3-9-19(20)18-11-15-24-21(17-18)23-14-7-1/h1-17H/b6-2-,7-1-,12-5-,16-8-,22-13-,23-14-. The lowest BCUT2D eigenvalue weighted by Gasteiger charge is -2.08. The van der Waals surface area contributed by atoms with Crippen molar-refractivity contribution in [1.29, 1.82) is 0 Å². The molecule has 4 heteroatoms.